The zero-order valence-electron chi connectivity index (χ0n) is 11.3. The van der Waals surface area contributed by atoms with E-state index in [2.05, 4.69) is 10.2 Å². The quantitative estimate of drug-likeness (QED) is 0.779. The molecule has 1 amide bonds. The number of aryl methyl sites for hydroxylation is 2. The average Bonchev–Trinajstić information content (AvgIpc) is 3.11. The van der Waals surface area contributed by atoms with Crippen LogP contribution in [0.25, 0.3) is 0 Å². The maximum atomic E-state index is 12.0. The van der Waals surface area contributed by atoms with Crippen molar-refractivity contribution in [2.24, 2.45) is 0 Å². The normalized spacial score (nSPS) is 11.6. The van der Waals surface area contributed by atoms with E-state index in [9.17, 15) is 18.0 Å². The zero-order valence-corrected chi connectivity index (χ0v) is 13.0. The summed E-state index contributed by atoms with van der Waals surface area (Å²) >= 11 is 2.71. The standard InChI is InChI=1S/C12H13F3N4OS2/c13-12(14,15)7-16-10(20)6-22-11-18-17-8-19(11)4-3-9-2-1-5-21-9/h1-2,5,8H,3-4,6-7H2,(H,16,20). The number of hydrogen-bond donors (Lipinski definition) is 1. The molecule has 0 unspecified atom stereocenters. The topological polar surface area (TPSA) is 59.8 Å². The number of thiophene rings is 1. The van der Waals surface area contributed by atoms with Gasteiger partial charge in [-0.25, -0.2) is 0 Å². The van der Waals surface area contributed by atoms with Gasteiger partial charge in [0, 0.05) is 11.4 Å². The zero-order chi connectivity index (χ0) is 16.0. The predicted molar refractivity (Wildman–Crippen MR) is 77.8 cm³/mol. The average molecular weight is 350 g/mol. The number of carbonyl (C=O) groups excluding carboxylic acids is 1. The van der Waals surface area contributed by atoms with Crippen molar-refractivity contribution < 1.29 is 18.0 Å². The van der Waals surface area contributed by atoms with Crippen LogP contribution in [-0.4, -0.2) is 39.1 Å². The second-order valence-electron chi connectivity index (χ2n) is 4.32. The van der Waals surface area contributed by atoms with E-state index in [0.717, 1.165) is 18.2 Å². The molecule has 2 heterocycles. The lowest BCUT2D eigenvalue weighted by molar-refractivity contribution is -0.136. The van der Waals surface area contributed by atoms with E-state index >= 15 is 0 Å². The minimum absolute atomic E-state index is 0.131. The van der Waals surface area contributed by atoms with Crippen molar-refractivity contribution >= 4 is 29.0 Å². The van der Waals surface area contributed by atoms with Crippen LogP contribution < -0.4 is 5.32 Å². The van der Waals surface area contributed by atoms with Gasteiger partial charge in [-0.05, 0) is 17.9 Å². The van der Waals surface area contributed by atoms with Crippen molar-refractivity contribution in [3.63, 3.8) is 0 Å². The molecule has 2 aromatic heterocycles. The molecule has 120 valence electrons. The molecule has 22 heavy (non-hydrogen) atoms. The van der Waals surface area contributed by atoms with Crippen LogP contribution in [0.3, 0.4) is 0 Å². The van der Waals surface area contributed by atoms with Gasteiger partial charge in [0.1, 0.15) is 12.9 Å². The van der Waals surface area contributed by atoms with Gasteiger partial charge in [0.05, 0.1) is 5.75 Å². The fraction of sp³-hybridized carbons (Fsp3) is 0.417. The smallest absolute Gasteiger partial charge is 0.346 e. The van der Waals surface area contributed by atoms with Crippen LogP contribution in [0.15, 0.2) is 29.0 Å². The molecular weight excluding hydrogens is 337 g/mol. The number of amides is 1. The third kappa shape index (κ3) is 5.68. The number of carbonyl (C=O) groups is 1. The number of aromatic nitrogens is 3. The van der Waals surface area contributed by atoms with E-state index in [-0.39, 0.29) is 5.75 Å². The number of hydrogen-bond acceptors (Lipinski definition) is 5. The monoisotopic (exact) mass is 350 g/mol. The summed E-state index contributed by atoms with van der Waals surface area (Å²) in [5.41, 5.74) is 0. The third-order valence-electron chi connectivity index (χ3n) is 2.58. The number of thioether (sulfide) groups is 1. The van der Waals surface area contributed by atoms with Gasteiger partial charge in [-0.1, -0.05) is 17.8 Å². The molecule has 2 rings (SSSR count). The molecule has 0 radical (unpaired) electrons. The van der Waals surface area contributed by atoms with Crippen molar-refractivity contribution in [3.8, 4) is 0 Å². The van der Waals surface area contributed by atoms with Gasteiger partial charge >= 0.3 is 6.18 Å². The molecule has 0 saturated carbocycles. The molecule has 0 saturated heterocycles. The summed E-state index contributed by atoms with van der Waals surface area (Å²) in [7, 11) is 0. The minimum Gasteiger partial charge on any atom is -0.346 e. The van der Waals surface area contributed by atoms with Gasteiger partial charge in [-0.2, -0.15) is 13.2 Å². The van der Waals surface area contributed by atoms with Crippen molar-refractivity contribution in [1.29, 1.82) is 0 Å². The number of rotatable bonds is 7. The first-order chi connectivity index (χ1) is 10.4. The largest absolute Gasteiger partial charge is 0.405 e. The highest BCUT2D eigenvalue weighted by Gasteiger charge is 2.27. The lowest BCUT2D eigenvalue weighted by Crippen LogP contribution is -2.34. The van der Waals surface area contributed by atoms with Crippen molar-refractivity contribution in [1.82, 2.24) is 20.1 Å². The van der Waals surface area contributed by atoms with E-state index in [1.165, 1.54) is 4.88 Å². The molecule has 0 aliphatic carbocycles. The van der Waals surface area contributed by atoms with E-state index in [1.807, 2.05) is 22.8 Å². The lowest BCUT2D eigenvalue weighted by Gasteiger charge is -2.08. The highest BCUT2D eigenvalue weighted by molar-refractivity contribution is 7.99. The van der Waals surface area contributed by atoms with Gasteiger partial charge in [0.25, 0.3) is 0 Å². The second kappa shape index (κ2) is 7.63. The van der Waals surface area contributed by atoms with Gasteiger partial charge in [-0.3, -0.25) is 4.79 Å². The van der Waals surface area contributed by atoms with Crippen LogP contribution in [0.1, 0.15) is 4.88 Å². The molecule has 0 aliphatic rings. The Hall–Kier alpha value is -1.55. The first-order valence-electron chi connectivity index (χ1n) is 6.30. The number of alkyl halides is 3. The molecule has 2 aromatic rings. The van der Waals surface area contributed by atoms with Gasteiger partial charge < -0.3 is 9.88 Å². The highest BCUT2D eigenvalue weighted by Crippen LogP contribution is 2.17. The summed E-state index contributed by atoms with van der Waals surface area (Å²) in [6.45, 7) is -0.669. The van der Waals surface area contributed by atoms with Gasteiger partial charge in [0.15, 0.2) is 5.16 Å². The van der Waals surface area contributed by atoms with Crippen molar-refractivity contribution in [2.45, 2.75) is 24.3 Å². The molecule has 0 bridgehead atoms. The summed E-state index contributed by atoms with van der Waals surface area (Å²) in [5.74, 6) is -0.816. The minimum atomic E-state index is -4.40. The Kier molecular flexibility index (Phi) is 5.83. The highest BCUT2D eigenvalue weighted by atomic mass is 32.2. The Bertz CT molecular complexity index is 598. The predicted octanol–water partition coefficient (Wildman–Crippen LogP) is 2.35. The number of halogens is 3. The summed E-state index contributed by atoms with van der Waals surface area (Å²) in [4.78, 5) is 12.6. The van der Waals surface area contributed by atoms with Crippen LogP contribution in [0.2, 0.25) is 0 Å². The van der Waals surface area contributed by atoms with Crippen LogP contribution >= 0.6 is 23.1 Å². The molecule has 0 spiro atoms. The van der Waals surface area contributed by atoms with Crippen molar-refractivity contribution in [3.05, 3.63) is 28.7 Å². The molecule has 5 nitrogen and oxygen atoms in total. The second-order valence-corrected chi connectivity index (χ2v) is 6.29. The third-order valence-corrected chi connectivity index (χ3v) is 4.49. The fourth-order valence-electron chi connectivity index (χ4n) is 1.57. The van der Waals surface area contributed by atoms with E-state index in [0.29, 0.717) is 11.7 Å². The summed E-state index contributed by atoms with van der Waals surface area (Å²) in [6, 6.07) is 3.99. The Labute approximate surface area is 132 Å². The molecule has 0 aromatic carbocycles. The van der Waals surface area contributed by atoms with E-state index in [1.54, 1.807) is 22.2 Å². The molecule has 0 aliphatic heterocycles. The Morgan fingerprint density at radius 1 is 1.45 bits per heavy atom. The first-order valence-corrected chi connectivity index (χ1v) is 8.17. The molecule has 1 N–H and O–H groups in total. The van der Waals surface area contributed by atoms with Crippen LogP contribution in [-0.2, 0) is 17.8 Å². The summed E-state index contributed by atoms with van der Waals surface area (Å²) < 4.78 is 37.7. The van der Waals surface area contributed by atoms with Crippen LogP contribution in [0.5, 0.6) is 0 Å². The maximum absolute atomic E-state index is 12.0. The molecule has 0 fully saturated rings. The Morgan fingerprint density at radius 3 is 2.95 bits per heavy atom. The van der Waals surface area contributed by atoms with Crippen LogP contribution in [0, 0.1) is 0 Å². The van der Waals surface area contributed by atoms with Gasteiger partial charge in [0.2, 0.25) is 5.91 Å². The lowest BCUT2D eigenvalue weighted by atomic mass is 10.3. The first kappa shape index (κ1) is 16.8. The number of nitrogens with one attached hydrogen (secondary N) is 1. The fourth-order valence-corrected chi connectivity index (χ4v) is 3.04. The van der Waals surface area contributed by atoms with E-state index in [4.69, 9.17) is 0 Å². The van der Waals surface area contributed by atoms with Crippen molar-refractivity contribution in [2.75, 3.05) is 12.3 Å². The summed E-state index contributed by atoms with van der Waals surface area (Å²) in [6.07, 6.45) is -2.05. The summed E-state index contributed by atoms with van der Waals surface area (Å²) in [5, 5.41) is 12.0. The molecule has 10 heteroatoms. The van der Waals surface area contributed by atoms with Crippen LogP contribution in [0.4, 0.5) is 13.2 Å². The maximum Gasteiger partial charge on any atom is 0.405 e. The molecule has 0 atom stereocenters. The number of nitrogens with zero attached hydrogens (tertiary/aromatic N) is 3. The van der Waals surface area contributed by atoms with E-state index < -0.39 is 18.6 Å². The Morgan fingerprint density at radius 2 is 2.27 bits per heavy atom. The SMILES string of the molecule is O=C(CSc1nncn1CCc1cccs1)NCC(F)(F)F. The Balaban J connectivity index is 1.78. The molecular formula is C12H13F3N4OS2. The van der Waals surface area contributed by atoms with Gasteiger partial charge in [-0.15, -0.1) is 21.5 Å².